The molecule has 0 fully saturated rings. The topological polar surface area (TPSA) is 171 Å². The van der Waals surface area contributed by atoms with Crippen LogP contribution in [0.4, 0.5) is 17.1 Å². The molecule has 1 N–H and O–H groups in total. The molecular formula is C17H15N4O7S-. The van der Waals surface area contributed by atoms with E-state index in [9.17, 15) is 32.7 Å². The van der Waals surface area contributed by atoms with Gasteiger partial charge in [-0.2, -0.15) is 5.11 Å². The van der Waals surface area contributed by atoms with Gasteiger partial charge in [-0.25, -0.2) is 8.42 Å². The highest BCUT2D eigenvalue weighted by Gasteiger charge is 2.24. The summed E-state index contributed by atoms with van der Waals surface area (Å²) < 4.78 is 33.1. The summed E-state index contributed by atoms with van der Waals surface area (Å²) >= 11 is 0. The fraction of sp³-hybridized carbons (Fsp3) is 0.176. The van der Waals surface area contributed by atoms with Gasteiger partial charge in [0.15, 0.2) is 11.5 Å². The maximum atomic E-state index is 12.4. The molecule has 0 bridgehead atoms. The third kappa shape index (κ3) is 5.49. The number of ketones is 1. The van der Waals surface area contributed by atoms with Crippen LogP contribution in [0.1, 0.15) is 12.5 Å². The molecule has 0 radical (unpaired) electrons. The van der Waals surface area contributed by atoms with Crippen molar-refractivity contribution in [2.75, 3.05) is 5.32 Å². The number of hydrogen-bond acceptors (Lipinski definition) is 9. The molecule has 0 saturated carbocycles. The van der Waals surface area contributed by atoms with E-state index in [2.05, 4.69) is 15.5 Å². The maximum Gasteiger partial charge on any atom is 0.297 e. The van der Waals surface area contributed by atoms with E-state index in [4.69, 9.17) is 0 Å². The van der Waals surface area contributed by atoms with E-state index in [1.807, 2.05) is 0 Å². The Hall–Kier alpha value is -3.51. The minimum absolute atomic E-state index is 0.419. The van der Waals surface area contributed by atoms with Crippen LogP contribution in [-0.2, 0) is 19.7 Å². The first kappa shape index (κ1) is 21.8. The van der Waals surface area contributed by atoms with Crippen LogP contribution in [0.25, 0.3) is 0 Å². The van der Waals surface area contributed by atoms with E-state index in [0.717, 1.165) is 24.6 Å². The van der Waals surface area contributed by atoms with Gasteiger partial charge in [0.25, 0.3) is 11.6 Å². The molecule has 0 saturated heterocycles. The number of hydrogen-bond donors (Lipinski definition) is 1. The second-order valence-electron chi connectivity index (χ2n) is 5.89. The lowest BCUT2D eigenvalue weighted by atomic mass is 10.1. The second kappa shape index (κ2) is 8.67. The average Bonchev–Trinajstić information content (AvgIpc) is 2.62. The van der Waals surface area contributed by atoms with E-state index in [0.29, 0.717) is 11.8 Å². The molecule has 1 unspecified atom stereocenters. The van der Waals surface area contributed by atoms with Gasteiger partial charge in [-0.15, -0.1) is 5.11 Å². The molecular weight excluding hydrogens is 404 g/mol. The van der Waals surface area contributed by atoms with E-state index in [1.165, 1.54) is 0 Å². The van der Waals surface area contributed by atoms with Crippen molar-refractivity contribution in [2.24, 2.45) is 10.2 Å². The monoisotopic (exact) mass is 419 g/mol. The van der Waals surface area contributed by atoms with Crippen molar-refractivity contribution in [3.63, 3.8) is 0 Å². The van der Waals surface area contributed by atoms with Crippen molar-refractivity contribution in [2.45, 2.75) is 24.8 Å². The van der Waals surface area contributed by atoms with Gasteiger partial charge in [0, 0.05) is 11.8 Å². The predicted octanol–water partition coefficient (Wildman–Crippen LogP) is 2.49. The van der Waals surface area contributed by atoms with Gasteiger partial charge in [-0.3, -0.25) is 19.7 Å². The summed E-state index contributed by atoms with van der Waals surface area (Å²) in [5.74, 6) is -1.46. The SMILES string of the molecule is CC(=O)C(N=Nc1ccc(S(=O)(=O)[O-])cc1[N+](=O)[O-])C(=O)Nc1ccccc1C. The number of nitro benzene ring substituents is 1. The Balaban J connectivity index is 2.35. The molecule has 152 valence electrons. The number of nitrogens with one attached hydrogen (secondary N) is 1. The summed E-state index contributed by atoms with van der Waals surface area (Å²) in [6, 6.07) is 7.47. The third-order valence-electron chi connectivity index (χ3n) is 3.75. The van der Waals surface area contributed by atoms with Crippen LogP contribution in [-0.4, -0.2) is 35.6 Å². The highest BCUT2D eigenvalue weighted by molar-refractivity contribution is 7.85. The zero-order valence-corrected chi connectivity index (χ0v) is 16.0. The molecule has 2 aromatic carbocycles. The summed E-state index contributed by atoms with van der Waals surface area (Å²) in [5, 5.41) is 20.8. The van der Waals surface area contributed by atoms with Crippen LogP contribution in [0.5, 0.6) is 0 Å². The number of anilines is 1. The molecule has 2 aromatic rings. The smallest absolute Gasteiger partial charge is 0.297 e. The summed E-state index contributed by atoms with van der Waals surface area (Å²) in [5.41, 5.74) is -0.0373. The molecule has 0 spiro atoms. The zero-order valence-electron chi connectivity index (χ0n) is 15.2. The number of benzene rings is 2. The highest BCUT2D eigenvalue weighted by Crippen LogP contribution is 2.30. The molecule has 11 nitrogen and oxygen atoms in total. The lowest BCUT2D eigenvalue weighted by Gasteiger charge is -2.11. The Morgan fingerprint density at radius 1 is 1.17 bits per heavy atom. The summed E-state index contributed by atoms with van der Waals surface area (Å²) in [6.45, 7) is 2.84. The van der Waals surface area contributed by atoms with Crippen molar-refractivity contribution < 1.29 is 27.5 Å². The zero-order chi connectivity index (χ0) is 21.8. The van der Waals surface area contributed by atoms with E-state index in [-0.39, 0.29) is 0 Å². The van der Waals surface area contributed by atoms with E-state index >= 15 is 0 Å². The largest absolute Gasteiger partial charge is 0.744 e. The standard InChI is InChI=1S/C17H16N4O7S/c1-10-5-3-4-6-13(10)18-17(23)16(11(2)22)20-19-14-8-7-12(29(26,27)28)9-15(14)21(24)25/h3-9,16H,1-2H3,(H,18,23)(H,26,27,28)/p-1. The minimum atomic E-state index is -4.92. The van der Waals surface area contributed by atoms with Crippen molar-refractivity contribution in [3.8, 4) is 0 Å². The quantitative estimate of drug-likeness (QED) is 0.236. The fourth-order valence-corrected chi connectivity index (χ4v) is 2.73. The number of aryl methyl sites for hydroxylation is 1. The Bertz CT molecular complexity index is 1110. The van der Waals surface area contributed by atoms with Crippen molar-refractivity contribution in [3.05, 3.63) is 58.1 Å². The van der Waals surface area contributed by atoms with Crippen molar-refractivity contribution >= 4 is 38.9 Å². The molecule has 1 atom stereocenters. The van der Waals surface area contributed by atoms with Crippen LogP contribution in [0.3, 0.4) is 0 Å². The second-order valence-corrected chi connectivity index (χ2v) is 7.27. The predicted molar refractivity (Wildman–Crippen MR) is 99.9 cm³/mol. The first-order valence-electron chi connectivity index (χ1n) is 8.03. The lowest BCUT2D eigenvalue weighted by molar-refractivity contribution is -0.384. The number of carbonyl (C=O) groups excluding carboxylic acids is 2. The molecule has 2 rings (SSSR count). The number of carbonyl (C=O) groups is 2. The van der Waals surface area contributed by atoms with Gasteiger partial charge >= 0.3 is 0 Å². The molecule has 29 heavy (non-hydrogen) atoms. The van der Waals surface area contributed by atoms with E-state index in [1.54, 1.807) is 31.2 Å². The van der Waals surface area contributed by atoms with Gasteiger partial charge < -0.3 is 9.87 Å². The van der Waals surface area contributed by atoms with Gasteiger partial charge in [0.2, 0.25) is 6.04 Å². The van der Waals surface area contributed by atoms with E-state index < -0.39 is 49.0 Å². The number of nitro groups is 1. The Morgan fingerprint density at radius 2 is 1.83 bits per heavy atom. The van der Waals surface area contributed by atoms with Gasteiger partial charge in [-0.1, -0.05) is 18.2 Å². The van der Waals surface area contributed by atoms with Crippen LogP contribution >= 0.6 is 0 Å². The van der Waals surface area contributed by atoms with Crippen LogP contribution in [0, 0.1) is 17.0 Å². The molecule has 1 amide bonds. The van der Waals surface area contributed by atoms with Gasteiger partial charge in [-0.05, 0) is 37.6 Å². The number of nitrogens with zero attached hydrogens (tertiary/aromatic N) is 3. The molecule has 12 heteroatoms. The number of amides is 1. The maximum absolute atomic E-state index is 12.4. The van der Waals surface area contributed by atoms with Crippen LogP contribution in [0.2, 0.25) is 0 Å². The molecule has 0 aromatic heterocycles. The Kier molecular flexibility index (Phi) is 6.51. The minimum Gasteiger partial charge on any atom is -0.744 e. The number of azo groups is 1. The third-order valence-corrected chi connectivity index (χ3v) is 4.58. The van der Waals surface area contributed by atoms with Gasteiger partial charge in [0.05, 0.1) is 9.82 Å². The normalized spacial score (nSPS) is 12.5. The van der Waals surface area contributed by atoms with Gasteiger partial charge in [0.1, 0.15) is 10.1 Å². The number of rotatable bonds is 7. The molecule has 0 aliphatic rings. The fourth-order valence-electron chi connectivity index (χ4n) is 2.24. The average molecular weight is 419 g/mol. The highest BCUT2D eigenvalue weighted by atomic mass is 32.2. The number of para-hydroxylation sites is 1. The number of Topliss-reactive ketones (excluding diaryl/α,β-unsaturated/α-hetero) is 1. The molecule has 0 aliphatic carbocycles. The van der Waals surface area contributed by atoms with Crippen molar-refractivity contribution in [1.82, 2.24) is 0 Å². The van der Waals surface area contributed by atoms with Crippen LogP contribution in [0.15, 0.2) is 57.6 Å². The summed E-state index contributed by atoms with van der Waals surface area (Å²) in [4.78, 5) is 33.6. The Labute approximate surface area is 165 Å². The lowest BCUT2D eigenvalue weighted by Crippen LogP contribution is -2.32. The first-order valence-corrected chi connectivity index (χ1v) is 9.43. The summed E-state index contributed by atoms with van der Waals surface area (Å²) in [7, 11) is -4.92. The Morgan fingerprint density at radius 3 is 2.38 bits per heavy atom. The molecule has 0 aliphatic heterocycles. The summed E-state index contributed by atoms with van der Waals surface area (Å²) in [6.07, 6.45) is 0. The molecule has 0 heterocycles. The van der Waals surface area contributed by atoms with Crippen LogP contribution < -0.4 is 5.32 Å². The first-order chi connectivity index (χ1) is 13.5. The van der Waals surface area contributed by atoms with Crippen molar-refractivity contribution in [1.29, 1.82) is 0 Å².